The van der Waals surface area contributed by atoms with Crippen LogP contribution in [0.5, 0.6) is 0 Å². The van der Waals surface area contributed by atoms with Crippen LogP contribution in [0.15, 0.2) is 71.5 Å². The molecule has 1 N–H and O–H groups in total. The lowest BCUT2D eigenvalue weighted by Crippen LogP contribution is -2.33. The van der Waals surface area contributed by atoms with Crippen molar-refractivity contribution in [1.29, 1.82) is 0 Å². The number of anilines is 1. The number of aromatic nitrogens is 2. The topological polar surface area (TPSA) is 107 Å². The molecule has 0 fully saturated rings. The molecule has 27 heavy (non-hydrogen) atoms. The minimum absolute atomic E-state index is 0.137. The number of amides is 1. The number of carbonyl (C=O) groups excluding carboxylic acids is 1. The van der Waals surface area contributed by atoms with E-state index in [1.54, 1.807) is 6.07 Å². The first-order valence-electron chi connectivity index (χ1n) is 8.16. The number of rotatable bonds is 5. The Morgan fingerprint density at radius 3 is 2.56 bits per heavy atom. The zero-order chi connectivity index (χ0) is 19.4. The summed E-state index contributed by atoms with van der Waals surface area (Å²) < 4.78 is 1.09. The number of nitro groups is 1. The van der Waals surface area contributed by atoms with E-state index in [0.717, 1.165) is 10.2 Å². The second-order valence-corrected chi connectivity index (χ2v) is 5.84. The Morgan fingerprint density at radius 2 is 1.85 bits per heavy atom. The van der Waals surface area contributed by atoms with Gasteiger partial charge in [-0.2, -0.15) is 5.10 Å². The van der Waals surface area contributed by atoms with E-state index >= 15 is 0 Å². The third-order valence-corrected chi connectivity index (χ3v) is 3.97. The van der Waals surface area contributed by atoms with Crippen LogP contribution in [0.3, 0.4) is 0 Å². The monoisotopic (exact) mass is 364 g/mol. The van der Waals surface area contributed by atoms with E-state index in [2.05, 4.69) is 10.4 Å². The minimum Gasteiger partial charge on any atom is -0.324 e. The van der Waals surface area contributed by atoms with Crippen LogP contribution in [-0.2, 0) is 4.79 Å². The van der Waals surface area contributed by atoms with Gasteiger partial charge in [-0.1, -0.05) is 36.4 Å². The maximum absolute atomic E-state index is 12.5. The summed E-state index contributed by atoms with van der Waals surface area (Å²) in [5.41, 5.74) is 1.09. The second kappa shape index (κ2) is 7.61. The van der Waals surface area contributed by atoms with Gasteiger partial charge in [0.25, 0.3) is 11.2 Å². The van der Waals surface area contributed by atoms with E-state index in [-0.39, 0.29) is 11.4 Å². The minimum atomic E-state index is -0.902. The molecule has 0 saturated heterocycles. The number of non-ortho nitro benzene ring substituents is 1. The fourth-order valence-electron chi connectivity index (χ4n) is 2.52. The number of nitrogens with one attached hydrogen (secondary N) is 1. The molecule has 3 rings (SSSR count). The van der Waals surface area contributed by atoms with Crippen LogP contribution in [-0.4, -0.2) is 20.6 Å². The Morgan fingerprint density at radius 1 is 1.11 bits per heavy atom. The molecule has 1 aromatic heterocycles. The van der Waals surface area contributed by atoms with Crippen molar-refractivity contribution in [2.45, 2.75) is 13.0 Å². The summed E-state index contributed by atoms with van der Waals surface area (Å²) in [7, 11) is 0. The van der Waals surface area contributed by atoms with Gasteiger partial charge in [0.15, 0.2) is 0 Å². The van der Waals surface area contributed by atoms with Gasteiger partial charge >= 0.3 is 0 Å². The van der Waals surface area contributed by atoms with Crippen molar-refractivity contribution in [2.75, 3.05) is 5.32 Å². The van der Waals surface area contributed by atoms with Gasteiger partial charge in [-0.15, -0.1) is 0 Å². The maximum Gasteiger partial charge on any atom is 0.271 e. The molecular formula is C19H16N4O4. The predicted octanol–water partition coefficient (Wildman–Crippen LogP) is 3.02. The zero-order valence-corrected chi connectivity index (χ0v) is 14.4. The number of hydrogen-bond acceptors (Lipinski definition) is 5. The first-order valence-corrected chi connectivity index (χ1v) is 8.16. The molecule has 1 amide bonds. The molecule has 0 spiro atoms. The zero-order valence-electron chi connectivity index (χ0n) is 14.4. The first kappa shape index (κ1) is 18.0. The fraction of sp³-hybridized carbons (Fsp3) is 0.105. The lowest BCUT2D eigenvalue weighted by molar-refractivity contribution is -0.384. The molecule has 8 nitrogen and oxygen atoms in total. The highest BCUT2D eigenvalue weighted by Gasteiger charge is 2.19. The molecule has 0 saturated carbocycles. The van der Waals surface area contributed by atoms with Crippen LogP contribution < -0.4 is 10.9 Å². The first-order chi connectivity index (χ1) is 13.0. The van der Waals surface area contributed by atoms with E-state index < -0.39 is 22.4 Å². The van der Waals surface area contributed by atoms with Gasteiger partial charge < -0.3 is 5.32 Å². The number of benzene rings is 2. The number of carbonyl (C=O) groups is 1. The summed E-state index contributed by atoms with van der Waals surface area (Å²) in [4.78, 5) is 35.0. The van der Waals surface area contributed by atoms with Gasteiger partial charge in [0.1, 0.15) is 6.04 Å². The Bertz CT molecular complexity index is 1050. The summed E-state index contributed by atoms with van der Waals surface area (Å²) in [6, 6.07) is 16.9. The van der Waals surface area contributed by atoms with Gasteiger partial charge in [0.2, 0.25) is 5.91 Å². The second-order valence-electron chi connectivity index (χ2n) is 5.84. The van der Waals surface area contributed by atoms with Gasteiger partial charge in [-0.3, -0.25) is 19.7 Å². The van der Waals surface area contributed by atoms with Crippen LogP contribution in [0, 0.1) is 10.1 Å². The quantitative estimate of drug-likeness (QED) is 0.553. The molecular weight excluding hydrogens is 348 g/mol. The lowest BCUT2D eigenvalue weighted by Gasteiger charge is -2.15. The summed E-state index contributed by atoms with van der Waals surface area (Å²) in [6.07, 6.45) is 0. The molecule has 1 atom stereocenters. The third kappa shape index (κ3) is 4.06. The predicted molar refractivity (Wildman–Crippen MR) is 100 cm³/mol. The van der Waals surface area contributed by atoms with Crippen molar-refractivity contribution >= 4 is 17.3 Å². The SMILES string of the molecule is CC(C(=O)Nc1cccc([N+](=O)[O-])c1)n1nc(-c2ccccc2)ccc1=O. The molecule has 1 unspecified atom stereocenters. The largest absolute Gasteiger partial charge is 0.324 e. The van der Waals surface area contributed by atoms with Gasteiger partial charge in [0.05, 0.1) is 10.6 Å². The number of nitrogens with zero attached hydrogens (tertiary/aromatic N) is 3. The summed E-state index contributed by atoms with van der Waals surface area (Å²) >= 11 is 0. The lowest BCUT2D eigenvalue weighted by atomic mass is 10.1. The molecule has 0 aliphatic rings. The Hall–Kier alpha value is -3.81. The Labute approximate surface area is 154 Å². The average Bonchev–Trinajstić information content (AvgIpc) is 2.68. The summed E-state index contributed by atoms with van der Waals surface area (Å²) in [5.74, 6) is -0.504. The Balaban J connectivity index is 1.86. The van der Waals surface area contributed by atoms with E-state index in [4.69, 9.17) is 0 Å². The summed E-state index contributed by atoms with van der Waals surface area (Å²) in [6.45, 7) is 1.54. The van der Waals surface area contributed by atoms with E-state index in [1.165, 1.54) is 37.3 Å². The summed E-state index contributed by atoms with van der Waals surface area (Å²) in [5, 5.41) is 17.7. The van der Waals surface area contributed by atoms with E-state index in [0.29, 0.717) is 5.69 Å². The highest BCUT2D eigenvalue weighted by Crippen LogP contribution is 2.19. The molecule has 1 heterocycles. The van der Waals surface area contributed by atoms with Crippen LogP contribution in [0.4, 0.5) is 11.4 Å². The molecule has 0 aliphatic heterocycles. The smallest absolute Gasteiger partial charge is 0.271 e. The standard InChI is InChI=1S/C19H16N4O4/c1-13(19(25)20-15-8-5-9-16(12-15)23(26)27)22-18(24)11-10-17(21-22)14-6-3-2-4-7-14/h2-13H,1H3,(H,20,25). The molecule has 2 aromatic carbocycles. The van der Waals surface area contributed by atoms with Crippen LogP contribution >= 0.6 is 0 Å². The van der Waals surface area contributed by atoms with Crippen molar-refractivity contribution in [3.63, 3.8) is 0 Å². The number of hydrogen-bond donors (Lipinski definition) is 1. The molecule has 0 radical (unpaired) electrons. The van der Waals surface area contributed by atoms with Crippen LogP contribution in [0.2, 0.25) is 0 Å². The average molecular weight is 364 g/mol. The maximum atomic E-state index is 12.5. The van der Waals surface area contributed by atoms with Crippen molar-refractivity contribution in [3.05, 3.63) is 87.2 Å². The molecule has 0 aliphatic carbocycles. The van der Waals surface area contributed by atoms with E-state index in [9.17, 15) is 19.7 Å². The normalized spacial score (nSPS) is 11.6. The van der Waals surface area contributed by atoms with E-state index in [1.807, 2.05) is 30.3 Å². The van der Waals surface area contributed by atoms with Crippen molar-refractivity contribution in [1.82, 2.24) is 9.78 Å². The highest BCUT2D eigenvalue weighted by atomic mass is 16.6. The van der Waals surface area contributed by atoms with Crippen molar-refractivity contribution in [3.8, 4) is 11.3 Å². The van der Waals surface area contributed by atoms with Gasteiger partial charge in [-0.05, 0) is 19.1 Å². The highest BCUT2D eigenvalue weighted by molar-refractivity contribution is 5.93. The van der Waals surface area contributed by atoms with Gasteiger partial charge in [0, 0.05) is 29.4 Å². The van der Waals surface area contributed by atoms with Crippen molar-refractivity contribution < 1.29 is 9.72 Å². The number of nitro benzene ring substituents is 1. The third-order valence-electron chi connectivity index (χ3n) is 3.97. The van der Waals surface area contributed by atoms with Crippen LogP contribution in [0.25, 0.3) is 11.3 Å². The molecule has 0 bridgehead atoms. The fourth-order valence-corrected chi connectivity index (χ4v) is 2.52. The molecule has 136 valence electrons. The molecule has 3 aromatic rings. The van der Waals surface area contributed by atoms with Crippen molar-refractivity contribution in [2.24, 2.45) is 0 Å². The van der Waals surface area contributed by atoms with Crippen LogP contribution in [0.1, 0.15) is 13.0 Å². The van der Waals surface area contributed by atoms with Gasteiger partial charge in [-0.25, -0.2) is 4.68 Å². The Kier molecular flexibility index (Phi) is 5.07. The molecule has 8 heteroatoms.